The van der Waals surface area contributed by atoms with E-state index < -0.39 is 12.1 Å². The number of amides is 1. The molecule has 0 radical (unpaired) electrons. The van der Waals surface area contributed by atoms with Crippen molar-refractivity contribution in [1.29, 1.82) is 0 Å². The standard InChI is InChI=1S/C71H137NO5/c1-3-5-7-9-11-13-15-17-19-20-30-33-36-39-43-47-51-55-59-63-69(74)68(67-73)72-70(75)64-60-56-52-48-44-40-37-34-31-28-26-24-22-21-23-25-27-29-32-35-38-42-46-50-54-58-62-66-77-71(76)65-61-57-53-49-45-41-18-16-14-12-10-8-6-4-2/h10,12,16,18,68-69,73-74H,3-9,11,13-15,17,19-67H2,1-2H3,(H,72,75)/b12-10-,18-16-. The normalized spacial score (nSPS) is 12.6. The summed E-state index contributed by atoms with van der Waals surface area (Å²) in [5.41, 5.74) is 0. The Balaban J connectivity index is 3.35. The van der Waals surface area contributed by atoms with Gasteiger partial charge in [0.25, 0.3) is 0 Å². The summed E-state index contributed by atoms with van der Waals surface area (Å²) in [6.07, 6.45) is 83.6. The zero-order chi connectivity index (χ0) is 55.7. The van der Waals surface area contributed by atoms with Gasteiger partial charge >= 0.3 is 5.97 Å². The van der Waals surface area contributed by atoms with Crippen molar-refractivity contribution < 1.29 is 24.5 Å². The average Bonchev–Trinajstić information content (AvgIpc) is 3.43. The van der Waals surface area contributed by atoms with E-state index in [2.05, 4.69) is 43.5 Å². The van der Waals surface area contributed by atoms with Crippen molar-refractivity contribution in [3.8, 4) is 0 Å². The summed E-state index contributed by atoms with van der Waals surface area (Å²) < 4.78 is 5.48. The van der Waals surface area contributed by atoms with Gasteiger partial charge in [-0.1, -0.05) is 353 Å². The Morgan fingerprint density at radius 3 is 1.03 bits per heavy atom. The Kier molecular flexibility index (Phi) is 65.4. The zero-order valence-corrected chi connectivity index (χ0v) is 52.2. The van der Waals surface area contributed by atoms with Gasteiger partial charge < -0.3 is 20.3 Å². The fraction of sp³-hybridized carbons (Fsp3) is 0.915. The fourth-order valence-electron chi connectivity index (χ4n) is 11.1. The third-order valence-corrected chi connectivity index (χ3v) is 16.5. The van der Waals surface area contributed by atoms with E-state index in [0.29, 0.717) is 25.9 Å². The van der Waals surface area contributed by atoms with Crippen LogP contribution in [0, 0.1) is 0 Å². The number of aliphatic hydroxyl groups excluding tert-OH is 2. The summed E-state index contributed by atoms with van der Waals surface area (Å²) in [6, 6.07) is -0.540. The molecule has 0 aromatic carbocycles. The van der Waals surface area contributed by atoms with Crippen molar-refractivity contribution in [1.82, 2.24) is 5.32 Å². The van der Waals surface area contributed by atoms with Crippen LogP contribution in [-0.4, -0.2) is 47.4 Å². The van der Waals surface area contributed by atoms with Gasteiger partial charge in [0, 0.05) is 12.8 Å². The van der Waals surface area contributed by atoms with Crippen molar-refractivity contribution in [2.45, 2.75) is 405 Å². The maximum atomic E-state index is 12.5. The number of esters is 1. The first-order valence-corrected chi connectivity index (χ1v) is 35.1. The Bertz CT molecular complexity index is 1200. The summed E-state index contributed by atoms with van der Waals surface area (Å²) in [4.78, 5) is 24.6. The van der Waals surface area contributed by atoms with Crippen LogP contribution in [0.5, 0.6) is 0 Å². The van der Waals surface area contributed by atoms with E-state index in [-0.39, 0.29) is 18.5 Å². The zero-order valence-electron chi connectivity index (χ0n) is 52.2. The molecular formula is C71H137NO5. The molecule has 0 spiro atoms. The molecule has 6 nitrogen and oxygen atoms in total. The molecule has 3 N–H and O–H groups in total. The Morgan fingerprint density at radius 2 is 0.662 bits per heavy atom. The number of hydrogen-bond acceptors (Lipinski definition) is 5. The second-order valence-corrected chi connectivity index (χ2v) is 24.2. The molecule has 0 aliphatic carbocycles. The van der Waals surface area contributed by atoms with Crippen molar-refractivity contribution >= 4 is 11.9 Å². The highest BCUT2D eigenvalue weighted by Gasteiger charge is 2.20. The van der Waals surface area contributed by atoms with Gasteiger partial charge in [-0.15, -0.1) is 0 Å². The number of aliphatic hydroxyl groups is 2. The highest BCUT2D eigenvalue weighted by Crippen LogP contribution is 2.19. The lowest BCUT2D eigenvalue weighted by atomic mass is 10.0. The summed E-state index contributed by atoms with van der Waals surface area (Å²) >= 11 is 0. The molecule has 0 aromatic heterocycles. The van der Waals surface area contributed by atoms with E-state index in [1.807, 2.05) is 0 Å². The monoisotopic (exact) mass is 1080 g/mol. The molecule has 1 amide bonds. The summed E-state index contributed by atoms with van der Waals surface area (Å²) in [7, 11) is 0. The smallest absolute Gasteiger partial charge is 0.305 e. The number of ether oxygens (including phenoxy) is 1. The molecule has 0 heterocycles. The van der Waals surface area contributed by atoms with Gasteiger partial charge in [0.15, 0.2) is 0 Å². The van der Waals surface area contributed by atoms with E-state index in [1.165, 1.54) is 308 Å². The van der Waals surface area contributed by atoms with Gasteiger partial charge in [0.1, 0.15) is 0 Å². The maximum Gasteiger partial charge on any atom is 0.305 e. The molecule has 77 heavy (non-hydrogen) atoms. The molecule has 0 bridgehead atoms. The summed E-state index contributed by atoms with van der Waals surface area (Å²) in [6.45, 7) is 4.94. The van der Waals surface area contributed by atoms with Crippen LogP contribution in [0.25, 0.3) is 0 Å². The van der Waals surface area contributed by atoms with Crippen molar-refractivity contribution in [3.05, 3.63) is 24.3 Å². The second kappa shape index (κ2) is 66.8. The lowest BCUT2D eigenvalue weighted by Crippen LogP contribution is -2.45. The molecule has 0 fully saturated rings. The van der Waals surface area contributed by atoms with E-state index in [0.717, 1.165) is 51.4 Å². The van der Waals surface area contributed by atoms with Crippen LogP contribution < -0.4 is 5.32 Å². The Morgan fingerprint density at radius 1 is 0.364 bits per heavy atom. The topological polar surface area (TPSA) is 95.9 Å². The molecule has 0 aliphatic rings. The third-order valence-electron chi connectivity index (χ3n) is 16.5. The maximum absolute atomic E-state index is 12.5. The molecule has 456 valence electrons. The Labute approximate surface area is 481 Å². The minimum Gasteiger partial charge on any atom is -0.466 e. The second-order valence-electron chi connectivity index (χ2n) is 24.2. The van der Waals surface area contributed by atoms with Crippen LogP contribution >= 0.6 is 0 Å². The molecule has 0 aromatic rings. The minimum atomic E-state index is -0.663. The SMILES string of the molecule is CCCC/C=C\C/C=C\CCCCCCCC(=O)OCCCCCCCCCCCCCCCCCCCCCCCCCCCCCC(=O)NC(CO)C(O)CCCCCCCCCCCCCCCCCCCCC. The van der Waals surface area contributed by atoms with Crippen LogP contribution in [0.1, 0.15) is 393 Å². The molecule has 0 saturated carbocycles. The van der Waals surface area contributed by atoms with Crippen LogP contribution in [0.2, 0.25) is 0 Å². The number of carbonyl (C=O) groups excluding carboxylic acids is 2. The first kappa shape index (κ1) is 75.3. The van der Waals surface area contributed by atoms with Gasteiger partial charge in [0.2, 0.25) is 5.91 Å². The molecular weight excluding hydrogens is 947 g/mol. The molecule has 0 saturated heterocycles. The predicted octanol–water partition coefficient (Wildman–Crippen LogP) is 22.5. The van der Waals surface area contributed by atoms with E-state index >= 15 is 0 Å². The van der Waals surface area contributed by atoms with E-state index in [1.54, 1.807) is 0 Å². The molecule has 6 heteroatoms. The lowest BCUT2D eigenvalue weighted by Gasteiger charge is -2.22. The first-order chi connectivity index (χ1) is 38.0. The van der Waals surface area contributed by atoms with Crippen LogP contribution in [-0.2, 0) is 14.3 Å². The van der Waals surface area contributed by atoms with Crippen LogP contribution in [0.3, 0.4) is 0 Å². The predicted molar refractivity (Wildman–Crippen MR) is 338 cm³/mol. The number of unbranched alkanes of at least 4 members (excludes halogenated alkanes) is 51. The largest absolute Gasteiger partial charge is 0.466 e. The number of hydrogen-bond donors (Lipinski definition) is 3. The highest BCUT2D eigenvalue weighted by atomic mass is 16.5. The van der Waals surface area contributed by atoms with Crippen molar-refractivity contribution in [3.63, 3.8) is 0 Å². The summed E-state index contributed by atoms with van der Waals surface area (Å²) in [5, 5.41) is 23.4. The minimum absolute atomic E-state index is 0.00410. The molecule has 2 atom stereocenters. The highest BCUT2D eigenvalue weighted by molar-refractivity contribution is 5.76. The summed E-state index contributed by atoms with van der Waals surface area (Å²) in [5.74, 6) is -0.0242. The van der Waals surface area contributed by atoms with Gasteiger partial charge in [-0.25, -0.2) is 0 Å². The van der Waals surface area contributed by atoms with Crippen molar-refractivity contribution in [2.24, 2.45) is 0 Å². The van der Waals surface area contributed by atoms with Crippen molar-refractivity contribution in [2.75, 3.05) is 13.2 Å². The lowest BCUT2D eigenvalue weighted by molar-refractivity contribution is -0.143. The average molecular weight is 1080 g/mol. The third kappa shape index (κ3) is 63.4. The van der Waals surface area contributed by atoms with Crippen LogP contribution in [0.15, 0.2) is 24.3 Å². The van der Waals surface area contributed by atoms with Gasteiger partial charge in [-0.05, 0) is 51.4 Å². The first-order valence-electron chi connectivity index (χ1n) is 35.1. The number of allylic oxidation sites excluding steroid dienone is 4. The van der Waals surface area contributed by atoms with Gasteiger partial charge in [-0.3, -0.25) is 9.59 Å². The number of rotatable bonds is 66. The van der Waals surface area contributed by atoms with Gasteiger partial charge in [0.05, 0.1) is 25.4 Å². The molecule has 2 unspecified atom stereocenters. The van der Waals surface area contributed by atoms with Gasteiger partial charge in [-0.2, -0.15) is 0 Å². The van der Waals surface area contributed by atoms with Crippen LogP contribution in [0.4, 0.5) is 0 Å². The number of carbonyl (C=O) groups is 2. The number of nitrogens with one attached hydrogen (secondary N) is 1. The molecule has 0 aliphatic heterocycles. The molecule has 0 rings (SSSR count). The van der Waals surface area contributed by atoms with E-state index in [9.17, 15) is 19.8 Å². The quantitative estimate of drug-likeness (QED) is 0.0320. The fourth-order valence-corrected chi connectivity index (χ4v) is 11.1. The van der Waals surface area contributed by atoms with E-state index in [4.69, 9.17) is 4.74 Å². The Hall–Kier alpha value is -1.66.